The lowest BCUT2D eigenvalue weighted by molar-refractivity contribution is 0.101. The number of aliphatic hydroxyl groups is 1. The number of anilines is 1. The van der Waals surface area contributed by atoms with Crippen molar-refractivity contribution in [2.24, 2.45) is 0 Å². The van der Waals surface area contributed by atoms with Crippen LogP contribution < -0.4 is 4.90 Å². The predicted molar refractivity (Wildman–Crippen MR) is 85.5 cm³/mol. The molecule has 1 aliphatic heterocycles. The van der Waals surface area contributed by atoms with Gasteiger partial charge in [0.1, 0.15) is 0 Å². The van der Waals surface area contributed by atoms with Gasteiger partial charge in [0.15, 0.2) is 0 Å². The Kier molecular flexibility index (Phi) is 5.44. The Morgan fingerprint density at radius 1 is 1.15 bits per heavy atom. The third-order valence-electron chi connectivity index (χ3n) is 4.38. The molecule has 1 atom stereocenters. The summed E-state index contributed by atoms with van der Waals surface area (Å²) in [6, 6.07) is 6.55. The van der Waals surface area contributed by atoms with Gasteiger partial charge in [-0.2, -0.15) is 0 Å². The van der Waals surface area contributed by atoms with E-state index in [0.29, 0.717) is 0 Å². The van der Waals surface area contributed by atoms with Gasteiger partial charge in [-0.1, -0.05) is 25.5 Å². The summed E-state index contributed by atoms with van der Waals surface area (Å²) in [5, 5.41) is 9.91. The summed E-state index contributed by atoms with van der Waals surface area (Å²) >= 11 is 0. The van der Waals surface area contributed by atoms with E-state index < -0.39 is 0 Å². The first kappa shape index (κ1) is 15.3. The van der Waals surface area contributed by atoms with Crippen LogP contribution in [0.25, 0.3) is 0 Å². The van der Waals surface area contributed by atoms with Crippen LogP contribution in [0.3, 0.4) is 0 Å². The average Bonchev–Trinajstić information content (AvgIpc) is 2.43. The minimum absolute atomic E-state index is 0.160. The van der Waals surface area contributed by atoms with E-state index in [0.717, 1.165) is 45.6 Å². The highest BCUT2D eigenvalue weighted by molar-refractivity contribution is 5.56. The Morgan fingerprint density at radius 2 is 1.85 bits per heavy atom. The molecule has 1 N–H and O–H groups in total. The molecule has 0 bridgehead atoms. The molecule has 0 amide bonds. The average molecular weight is 276 g/mol. The first-order valence-electron chi connectivity index (χ1n) is 7.83. The fourth-order valence-corrected chi connectivity index (χ4v) is 2.97. The Labute approximate surface area is 123 Å². The Balaban J connectivity index is 1.89. The molecule has 3 heteroatoms. The molecule has 1 aliphatic rings. The van der Waals surface area contributed by atoms with Crippen molar-refractivity contribution >= 4 is 5.69 Å². The van der Waals surface area contributed by atoms with Gasteiger partial charge in [-0.05, 0) is 37.5 Å². The highest BCUT2D eigenvalue weighted by Crippen LogP contribution is 2.23. The van der Waals surface area contributed by atoms with E-state index in [4.69, 9.17) is 0 Å². The summed E-state index contributed by atoms with van der Waals surface area (Å²) in [6.07, 6.45) is 1.81. The fourth-order valence-electron chi connectivity index (χ4n) is 2.97. The minimum atomic E-state index is -0.160. The topological polar surface area (TPSA) is 26.7 Å². The predicted octanol–water partition coefficient (Wildman–Crippen LogP) is 2.59. The van der Waals surface area contributed by atoms with Crippen LogP contribution >= 0.6 is 0 Å². The van der Waals surface area contributed by atoms with Crippen molar-refractivity contribution in [2.75, 3.05) is 37.6 Å². The zero-order valence-corrected chi connectivity index (χ0v) is 13.1. The van der Waals surface area contributed by atoms with Crippen LogP contribution in [-0.2, 0) is 0 Å². The molecule has 1 aromatic carbocycles. The van der Waals surface area contributed by atoms with Crippen LogP contribution in [0, 0.1) is 13.8 Å². The van der Waals surface area contributed by atoms with Gasteiger partial charge >= 0.3 is 0 Å². The van der Waals surface area contributed by atoms with E-state index in [9.17, 15) is 5.11 Å². The molecule has 3 nitrogen and oxygen atoms in total. The van der Waals surface area contributed by atoms with Crippen molar-refractivity contribution in [3.8, 4) is 0 Å². The van der Waals surface area contributed by atoms with Gasteiger partial charge in [-0.25, -0.2) is 0 Å². The second-order valence-corrected chi connectivity index (χ2v) is 5.95. The van der Waals surface area contributed by atoms with Gasteiger partial charge in [0, 0.05) is 38.4 Å². The lowest BCUT2D eigenvalue weighted by Crippen LogP contribution is -2.48. The zero-order valence-electron chi connectivity index (χ0n) is 13.1. The summed E-state index contributed by atoms with van der Waals surface area (Å²) in [5.74, 6) is 0. The normalized spacial score (nSPS) is 18.3. The number of nitrogens with zero attached hydrogens (tertiary/aromatic N) is 2. The van der Waals surface area contributed by atoms with E-state index in [-0.39, 0.29) is 6.10 Å². The number of benzene rings is 1. The molecule has 1 heterocycles. The molecule has 0 radical (unpaired) electrons. The number of aliphatic hydroxyl groups excluding tert-OH is 1. The van der Waals surface area contributed by atoms with Crippen molar-refractivity contribution in [3.05, 3.63) is 29.3 Å². The van der Waals surface area contributed by atoms with Crippen molar-refractivity contribution < 1.29 is 5.11 Å². The molecule has 2 rings (SSSR count). The number of hydrogen-bond acceptors (Lipinski definition) is 3. The van der Waals surface area contributed by atoms with Crippen LogP contribution in [0.5, 0.6) is 0 Å². The fraction of sp³-hybridized carbons (Fsp3) is 0.647. The van der Waals surface area contributed by atoms with Crippen LogP contribution in [0.1, 0.15) is 30.9 Å². The van der Waals surface area contributed by atoms with E-state index in [1.54, 1.807) is 0 Å². The summed E-state index contributed by atoms with van der Waals surface area (Å²) < 4.78 is 0. The SMILES string of the molecule is CCCC(O)CN1CCN(c2cccc(C)c2C)CC1. The zero-order chi connectivity index (χ0) is 14.5. The summed E-state index contributed by atoms with van der Waals surface area (Å²) in [4.78, 5) is 4.87. The molecular weight excluding hydrogens is 248 g/mol. The Morgan fingerprint density at radius 3 is 2.50 bits per heavy atom. The van der Waals surface area contributed by atoms with Crippen LogP contribution in [0.4, 0.5) is 5.69 Å². The third-order valence-corrected chi connectivity index (χ3v) is 4.38. The molecule has 0 saturated carbocycles. The number of piperazine rings is 1. The molecule has 20 heavy (non-hydrogen) atoms. The molecule has 1 unspecified atom stereocenters. The highest BCUT2D eigenvalue weighted by Gasteiger charge is 2.20. The van der Waals surface area contributed by atoms with E-state index in [1.807, 2.05) is 0 Å². The van der Waals surface area contributed by atoms with Gasteiger partial charge in [0.25, 0.3) is 0 Å². The number of aryl methyl sites for hydroxylation is 1. The number of rotatable bonds is 5. The van der Waals surface area contributed by atoms with Crippen LogP contribution in [0.2, 0.25) is 0 Å². The van der Waals surface area contributed by atoms with Crippen molar-refractivity contribution in [2.45, 2.75) is 39.7 Å². The number of β-amino-alcohol motifs (C(OH)–C–C–N with tert-alkyl or cyclic N) is 1. The lowest BCUT2D eigenvalue weighted by Gasteiger charge is -2.37. The first-order valence-corrected chi connectivity index (χ1v) is 7.83. The van der Waals surface area contributed by atoms with Gasteiger partial charge in [0.05, 0.1) is 6.10 Å². The molecule has 112 valence electrons. The summed E-state index contributed by atoms with van der Waals surface area (Å²) in [5.41, 5.74) is 4.13. The number of hydrogen-bond donors (Lipinski definition) is 1. The molecule has 1 saturated heterocycles. The largest absolute Gasteiger partial charge is 0.392 e. The Hall–Kier alpha value is -1.06. The van der Waals surface area contributed by atoms with Crippen LogP contribution in [-0.4, -0.2) is 48.8 Å². The maximum Gasteiger partial charge on any atom is 0.0667 e. The van der Waals surface area contributed by atoms with Crippen molar-refractivity contribution in [1.29, 1.82) is 0 Å². The van der Waals surface area contributed by atoms with E-state index >= 15 is 0 Å². The second kappa shape index (κ2) is 7.09. The van der Waals surface area contributed by atoms with Crippen LogP contribution in [0.15, 0.2) is 18.2 Å². The minimum Gasteiger partial charge on any atom is -0.392 e. The molecule has 1 fully saturated rings. The van der Waals surface area contributed by atoms with Gasteiger partial charge in [-0.15, -0.1) is 0 Å². The molecule has 0 aromatic heterocycles. The van der Waals surface area contributed by atoms with Gasteiger partial charge in [-0.3, -0.25) is 4.90 Å². The lowest BCUT2D eigenvalue weighted by atomic mass is 10.1. The quantitative estimate of drug-likeness (QED) is 0.895. The molecule has 0 spiro atoms. The van der Waals surface area contributed by atoms with E-state index in [1.165, 1.54) is 16.8 Å². The molecule has 0 aliphatic carbocycles. The second-order valence-electron chi connectivity index (χ2n) is 5.95. The summed E-state index contributed by atoms with van der Waals surface area (Å²) in [6.45, 7) is 11.6. The molecule has 1 aromatic rings. The highest BCUT2D eigenvalue weighted by atomic mass is 16.3. The maximum absolute atomic E-state index is 9.91. The van der Waals surface area contributed by atoms with E-state index in [2.05, 4.69) is 48.8 Å². The maximum atomic E-state index is 9.91. The third kappa shape index (κ3) is 3.74. The van der Waals surface area contributed by atoms with Crippen molar-refractivity contribution in [3.63, 3.8) is 0 Å². The van der Waals surface area contributed by atoms with Gasteiger partial charge in [0.2, 0.25) is 0 Å². The monoisotopic (exact) mass is 276 g/mol. The first-order chi connectivity index (χ1) is 9.61. The van der Waals surface area contributed by atoms with Crippen molar-refractivity contribution in [1.82, 2.24) is 4.90 Å². The molecular formula is C17H28N2O. The smallest absolute Gasteiger partial charge is 0.0667 e. The summed E-state index contributed by atoms with van der Waals surface area (Å²) in [7, 11) is 0. The van der Waals surface area contributed by atoms with Gasteiger partial charge < -0.3 is 10.0 Å². The Bertz CT molecular complexity index is 425. The standard InChI is InChI=1S/C17H28N2O/c1-4-6-16(20)13-18-9-11-19(12-10-18)17-8-5-7-14(2)15(17)3/h5,7-8,16,20H,4,6,9-13H2,1-3H3.